The van der Waals surface area contributed by atoms with Gasteiger partial charge in [0.15, 0.2) is 11.5 Å². The van der Waals surface area contributed by atoms with Gasteiger partial charge >= 0.3 is 5.97 Å². The van der Waals surface area contributed by atoms with Crippen LogP contribution in [-0.2, 0) is 11.2 Å². The van der Waals surface area contributed by atoms with E-state index in [1.807, 2.05) is 6.07 Å². The lowest BCUT2D eigenvalue weighted by Gasteiger charge is -2.06. The average Bonchev–Trinajstić information content (AvgIpc) is 2.84. The molecule has 20 heavy (non-hydrogen) atoms. The van der Waals surface area contributed by atoms with Crippen LogP contribution in [0, 0.1) is 11.3 Å². The highest BCUT2D eigenvalue weighted by molar-refractivity contribution is 6.32. The predicted octanol–water partition coefficient (Wildman–Crippen LogP) is 2.16. The average molecular weight is 291 g/mol. The van der Waals surface area contributed by atoms with Crippen LogP contribution in [0.5, 0.6) is 0 Å². The Kier molecular flexibility index (Phi) is 4.33. The van der Waals surface area contributed by atoms with Crippen LogP contribution in [-0.4, -0.2) is 27.3 Å². The summed E-state index contributed by atoms with van der Waals surface area (Å²) in [5.74, 6) is -0.215. The van der Waals surface area contributed by atoms with Crippen molar-refractivity contribution in [3.8, 4) is 11.9 Å². The summed E-state index contributed by atoms with van der Waals surface area (Å²) in [4.78, 5) is 16.0. The third kappa shape index (κ3) is 2.78. The highest BCUT2D eigenvalue weighted by atomic mass is 35.5. The van der Waals surface area contributed by atoms with Crippen molar-refractivity contribution >= 4 is 17.6 Å². The number of pyridine rings is 1. The number of aromatic nitrogens is 3. The first-order valence-electron chi connectivity index (χ1n) is 5.91. The van der Waals surface area contributed by atoms with E-state index < -0.39 is 5.97 Å². The van der Waals surface area contributed by atoms with Crippen molar-refractivity contribution in [2.24, 2.45) is 0 Å². The number of carbonyl (C=O) groups excluding carboxylic acids is 1. The molecule has 0 N–H and O–H groups in total. The van der Waals surface area contributed by atoms with Crippen LogP contribution < -0.4 is 0 Å². The molecule has 7 heteroatoms. The Labute approximate surface area is 120 Å². The largest absolute Gasteiger partial charge is 0.461 e. The number of rotatable bonds is 4. The normalized spacial score (nSPS) is 10.1. The minimum Gasteiger partial charge on any atom is -0.461 e. The van der Waals surface area contributed by atoms with Crippen LogP contribution in [0.4, 0.5) is 0 Å². The van der Waals surface area contributed by atoms with E-state index in [1.165, 1.54) is 10.7 Å². The number of ether oxygens (including phenoxy) is 1. The van der Waals surface area contributed by atoms with Crippen molar-refractivity contribution in [3.05, 3.63) is 40.8 Å². The zero-order chi connectivity index (χ0) is 14.5. The standard InChI is InChI=1S/C13H11ClN4O2/c1-2-20-13(19)11-8-9(5-6-15)17-18(11)12-10(14)4-3-7-16-12/h3-4,7-8H,2,5H2,1H3. The number of carbonyl (C=O) groups is 1. The maximum Gasteiger partial charge on any atom is 0.357 e. The second-order valence-electron chi connectivity index (χ2n) is 3.80. The van der Waals surface area contributed by atoms with E-state index in [1.54, 1.807) is 25.3 Å². The fourth-order valence-electron chi connectivity index (χ4n) is 1.64. The second kappa shape index (κ2) is 6.17. The lowest BCUT2D eigenvalue weighted by molar-refractivity contribution is 0.0515. The molecule has 0 atom stereocenters. The first kappa shape index (κ1) is 14.0. The van der Waals surface area contributed by atoms with E-state index in [9.17, 15) is 4.79 Å². The predicted molar refractivity (Wildman–Crippen MR) is 71.6 cm³/mol. The molecule has 2 heterocycles. The van der Waals surface area contributed by atoms with Gasteiger partial charge in [-0.1, -0.05) is 11.6 Å². The third-order valence-corrected chi connectivity index (χ3v) is 2.74. The molecule has 0 aliphatic carbocycles. The van der Waals surface area contributed by atoms with Gasteiger partial charge in [-0.25, -0.2) is 14.5 Å². The molecule has 0 saturated heterocycles. The summed E-state index contributed by atoms with van der Waals surface area (Å²) < 4.78 is 6.27. The maximum absolute atomic E-state index is 11.9. The van der Waals surface area contributed by atoms with E-state index in [4.69, 9.17) is 21.6 Å². The number of halogens is 1. The molecule has 0 spiro atoms. The van der Waals surface area contributed by atoms with Gasteiger partial charge in [-0.05, 0) is 25.1 Å². The summed E-state index contributed by atoms with van der Waals surface area (Å²) in [6, 6.07) is 6.81. The Morgan fingerprint density at radius 3 is 3.05 bits per heavy atom. The Balaban J connectivity index is 2.53. The minimum absolute atomic E-state index is 0.0872. The van der Waals surface area contributed by atoms with Gasteiger partial charge in [0.25, 0.3) is 0 Å². The molecule has 2 rings (SSSR count). The van der Waals surface area contributed by atoms with E-state index in [-0.39, 0.29) is 18.7 Å². The summed E-state index contributed by atoms with van der Waals surface area (Å²) in [5.41, 5.74) is 0.648. The molecule has 0 aromatic carbocycles. The van der Waals surface area contributed by atoms with Crippen molar-refractivity contribution in [2.75, 3.05) is 6.61 Å². The van der Waals surface area contributed by atoms with Gasteiger partial charge < -0.3 is 4.74 Å². The van der Waals surface area contributed by atoms with Crippen molar-refractivity contribution in [3.63, 3.8) is 0 Å². The molecule has 2 aromatic heterocycles. The molecule has 0 aliphatic heterocycles. The van der Waals surface area contributed by atoms with Gasteiger partial charge in [-0.2, -0.15) is 10.4 Å². The summed E-state index contributed by atoms with van der Waals surface area (Å²) in [6.07, 6.45) is 1.63. The second-order valence-corrected chi connectivity index (χ2v) is 4.20. The zero-order valence-electron chi connectivity index (χ0n) is 10.7. The first-order valence-corrected chi connectivity index (χ1v) is 6.29. The van der Waals surface area contributed by atoms with Crippen LogP contribution in [0.25, 0.3) is 5.82 Å². The molecule has 2 aromatic rings. The molecule has 6 nitrogen and oxygen atoms in total. The van der Waals surface area contributed by atoms with Crippen molar-refractivity contribution < 1.29 is 9.53 Å². The quantitative estimate of drug-likeness (QED) is 0.806. The van der Waals surface area contributed by atoms with Gasteiger partial charge in [0, 0.05) is 6.20 Å². The van der Waals surface area contributed by atoms with Crippen LogP contribution >= 0.6 is 11.6 Å². The van der Waals surface area contributed by atoms with Gasteiger partial charge in [0.1, 0.15) is 0 Å². The molecule has 0 saturated carbocycles. The molecule has 0 bridgehead atoms. The molecular weight excluding hydrogens is 280 g/mol. The van der Waals surface area contributed by atoms with Gasteiger partial charge in [0.05, 0.1) is 29.8 Å². The maximum atomic E-state index is 11.9. The minimum atomic E-state index is -0.536. The van der Waals surface area contributed by atoms with Gasteiger partial charge in [-0.15, -0.1) is 0 Å². The molecule has 0 amide bonds. The number of nitrogens with zero attached hydrogens (tertiary/aromatic N) is 4. The van der Waals surface area contributed by atoms with Crippen LogP contribution in [0.15, 0.2) is 24.4 Å². The topological polar surface area (TPSA) is 80.8 Å². The molecule has 0 unspecified atom stereocenters. The first-order chi connectivity index (χ1) is 9.67. The smallest absolute Gasteiger partial charge is 0.357 e. The SMILES string of the molecule is CCOC(=O)c1cc(CC#N)nn1-c1ncccc1Cl. The number of hydrogen-bond acceptors (Lipinski definition) is 5. The lowest BCUT2D eigenvalue weighted by atomic mass is 10.3. The van der Waals surface area contributed by atoms with Crippen LogP contribution in [0.3, 0.4) is 0 Å². The van der Waals surface area contributed by atoms with Crippen molar-refractivity contribution in [1.82, 2.24) is 14.8 Å². The number of hydrogen-bond donors (Lipinski definition) is 0. The van der Waals surface area contributed by atoms with Crippen molar-refractivity contribution in [2.45, 2.75) is 13.3 Å². The Hall–Kier alpha value is -2.39. The monoisotopic (exact) mass is 290 g/mol. The van der Waals surface area contributed by atoms with Crippen LogP contribution in [0.2, 0.25) is 5.02 Å². The number of esters is 1. The fourth-order valence-corrected chi connectivity index (χ4v) is 1.84. The van der Waals surface area contributed by atoms with Crippen LogP contribution in [0.1, 0.15) is 23.1 Å². The summed E-state index contributed by atoms with van der Waals surface area (Å²) in [7, 11) is 0. The fraction of sp³-hybridized carbons (Fsp3) is 0.231. The Morgan fingerprint density at radius 2 is 2.40 bits per heavy atom. The summed E-state index contributed by atoms with van der Waals surface area (Å²) in [5, 5.41) is 13.3. The highest BCUT2D eigenvalue weighted by Gasteiger charge is 2.19. The Morgan fingerprint density at radius 1 is 1.60 bits per heavy atom. The van der Waals surface area contributed by atoms with E-state index in [0.717, 1.165) is 0 Å². The van der Waals surface area contributed by atoms with E-state index >= 15 is 0 Å². The molecule has 102 valence electrons. The van der Waals surface area contributed by atoms with Gasteiger partial charge in [-0.3, -0.25) is 0 Å². The lowest BCUT2D eigenvalue weighted by Crippen LogP contribution is -2.13. The van der Waals surface area contributed by atoms with Crippen molar-refractivity contribution in [1.29, 1.82) is 5.26 Å². The molecule has 0 fully saturated rings. The summed E-state index contributed by atoms with van der Waals surface area (Å²) in [6.45, 7) is 1.95. The Bertz CT molecular complexity index is 675. The number of nitriles is 1. The molecule has 0 radical (unpaired) electrons. The molecular formula is C13H11ClN4O2. The molecule has 0 aliphatic rings. The van der Waals surface area contributed by atoms with E-state index in [2.05, 4.69) is 10.1 Å². The highest BCUT2D eigenvalue weighted by Crippen LogP contribution is 2.20. The van der Waals surface area contributed by atoms with Gasteiger partial charge in [0.2, 0.25) is 0 Å². The zero-order valence-corrected chi connectivity index (χ0v) is 11.5. The third-order valence-electron chi connectivity index (χ3n) is 2.44. The van der Waals surface area contributed by atoms with E-state index in [0.29, 0.717) is 16.5 Å². The summed E-state index contributed by atoms with van der Waals surface area (Å²) >= 11 is 6.06.